The summed E-state index contributed by atoms with van der Waals surface area (Å²) in [6.45, 7) is 6.21. The molecule has 1 spiro atoms. The lowest BCUT2D eigenvalue weighted by molar-refractivity contribution is 0.0365. The van der Waals surface area contributed by atoms with Crippen molar-refractivity contribution in [1.82, 2.24) is 19.7 Å². The number of piperidine rings is 1. The Morgan fingerprint density at radius 2 is 2.10 bits per heavy atom. The Balaban J connectivity index is 1.25. The second kappa shape index (κ2) is 8.78. The molecule has 1 atom stereocenters. The summed E-state index contributed by atoms with van der Waals surface area (Å²) in [7, 11) is 4.29. The summed E-state index contributed by atoms with van der Waals surface area (Å²) in [5.74, 6) is 0.734. The molecule has 1 amide bonds. The van der Waals surface area contributed by atoms with Gasteiger partial charge in [-0.2, -0.15) is 5.26 Å². The van der Waals surface area contributed by atoms with E-state index in [0.29, 0.717) is 18.2 Å². The molecule has 1 unspecified atom stereocenters. The summed E-state index contributed by atoms with van der Waals surface area (Å²) < 4.78 is 5.87. The first-order valence-electron chi connectivity index (χ1n) is 11.0. The predicted molar refractivity (Wildman–Crippen MR) is 114 cm³/mol. The van der Waals surface area contributed by atoms with Crippen LogP contribution in [0.25, 0.3) is 0 Å². The molecule has 0 bridgehead atoms. The van der Waals surface area contributed by atoms with E-state index in [2.05, 4.69) is 39.8 Å². The molecule has 4 heterocycles. The van der Waals surface area contributed by atoms with Crippen molar-refractivity contribution in [3.63, 3.8) is 0 Å². The maximum Gasteiger partial charge on any atom is 0.410 e. The highest BCUT2D eigenvalue weighted by atomic mass is 16.6. The van der Waals surface area contributed by atoms with E-state index in [9.17, 15) is 10.1 Å². The second-order valence-electron chi connectivity index (χ2n) is 9.01. The van der Waals surface area contributed by atoms with Crippen LogP contribution in [0.3, 0.4) is 0 Å². The molecule has 0 aromatic carbocycles. The number of pyridine rings is 1. The fraction of sp³-hybridized carbons (Fsp3) is 0.682. The zero-order valence-corrected chi connectivity index (χ0v) is 18.1. The second-order valence-corrected chi connectivity index (χ2v) is 9.01. The molecule has 4 rings (SSSR count). The SMILES string of the molecule is CN(C)C1CCN(CCCN2CC3(CCN(c4ncccc4C#N)CC3)OC2=O)C1. The number of ether oxygens (including phenoxy) is 1. The van der Waals surface area contributed by atoms with Gasteiger partial charge in [0.2, 0.25) is 0 Å². The smallest absolute Gasteiger partial charge is 0.410 e. The van der Waals surface area contributed by atoms with Crippen LogP contribution in [0.5, 0.6) is 0 Å². The predicted octanol–water partition coefficient (Wildman–Crippen LogP) is 1.77. The summed E-state index contributed by atoms with van der Waals surface area (Å²) in [5.41, 5.74) is 0.204. The van der Waals surface area contributed by atoms with E-state index in [1.165, 1.54) is 6.42 Å². The summed E-state index contributed by atoms with van der Waals surface area (Å²) in [4.78, 5) is 25.7. The zero-order chi connectivity index (χ0) is 21.1. The molecule has 30 heavy (non-hydrogen) atoms. The van der Waals surface area contributed by atoms with Crippen molar-refractivity contribution < 1.29 is 9.53 Å². The minimum atomic E-state index is -0.390. The van der Waals surface area contributed by atoms with E-state index in [0.717, 1.165) is 64.3 Å². The van der Waals surface area contributed by atoms with Crippen molar-refractivity contribution in [2.75, 3.05) is 64.8 Å². The van der Waals surface area contributed by atoms with Gasteiger partial charge in [-0.25, -0.2) is 9.78 Å². The molecule has 3 saturated heterocycles. The van der Waals surface area contributed by atoms with Gasteiger partial charge in [-0.1, -0.05) is 0 Å². The van der Waals surface area contributed by atoms with Gasteiger partial charge in [-0.15, -0.1) is 0 Å². The van der Waals surface area contributed by atoms with Crippen molar-refractivity contribution >= 4 is 11.9 Å². The van der Waals surface area contributed by atoms with Crippen LogP contribution in [0.15, 0.2) is 18.3 Å². The number of nitrogens with zero attached hydrogens (tertiary/aromatic N) is 6. The third-order valence-corrected chi connectivity index (χ3v) is 6.80. The Kier molecular flexibility index (Phi) is 6.11. The minimum Gasteiger partial charge on any atom is -0.441 e. The summed E-state index contributed by atoms with van der Waals surface area (Å²) in [6, 6.07) is 6.45. The molecule has 1 aromatic heterocycles. The average Bonchev–Trinajstić information content (AvgIpc) is 3.34. The highest BCUT2D eigenvalue weighted by molar-refractivity contribution is 5.71. The Bertz CT molecular complexity index is 799. The normalized spacial score (nSPS) is 23.9. The van der Waals surface area contributed by atoms with E-state index in [4.69, 9.17) is 4.74 Å². The van der Waals surface area contributed by atoms with Crippen LogP contribution in [0.4, 0.5) is 10.6 Å². The van der Waals surface area contributed by atoms with Crippen molar-refractivity contribution in [3.8, 4) is 6.07 Å². The zero-order valence-electron chi connectivity index (χ0n) is 18.1. The van der Waals surface area contributed by atoms with Crippen molar-refractivity contribution in [1.29, 1.82) is 5.26 Å². The van der Waals surface area contributed by atoms with Crippen LogP contribution in [0, 0.1) is 11.3 Å². The summed E-state index contributed by atoms with van der Waals surface area (Å²) in [6.07, 6.45) is 5.30. The van der Waals surface area contributed by atoms with Gasteiger partial charge in [0.15, 0.2) is 0 Å². The third kappa shape index (κ3) is 4.37. The molecule has 0 N–H and O–H groups in total. The number of hydrogen-bond donors (Lipinski definition) is 0. The minimum absolute atomic E-state index is 0.174. The van der Waals surface area contributed by atoms with Gasteiger partial charge in [-0.05, 0) is 52.2 Å². The molecule has 162 valence electrons. The third-order valence-electron chi connectivity index (χ3n) is 6.80. The first kappa shape index (κ1) is 20.9. The van der Waals surface area contributed by atoms with Crippen LogP contribution in [-0.2, 0) is 4.74 Å². The number of rotatable bonds is 6. The molecule has 8 heteroatoms. The number of likely N-dealkylation sites (tertiary alicyclic amines) is 1. The van der Waals surface area contributed by atoms with E-state index < -0.39 is 5.60 Å². The average molecular weight is 413 g/mol. The largest absolute Gasteiger partial charge is 0.441 e. The first-order chi connectivity index (χ1) is 14.5. The number of hydrogen-bond acceptors (Lipinski definition) is 7. The number of likely N-dealkylation sites (N-methyl/N-ethyl adjacent to an activating group) is 1. The fourth-order valence-electron chi connectivity index (χ4n) is 4.91. The van der Waals surface area contributed by atoms with Gasteiger partial charge >= 0.3 is 6.09 Å². The molecule has 8 nitrogen and oxygen atoms in total. The lowest BCUT2D eigenvalue weighted by atomic mass is 9.91. The lowest BCUT2D eigenvalue weighted by Gasteiger charge is -2.38. The maximum atomic E-state index is 12.5. The van der Waals surface area contributed by atoms with Gasteiger partial charge in [0, 0.05) is 51.3 Å². The molecule has 3 aliphatic rings. The van der Waals surface area contributed by atoms with Crippen LogP contribution in [0.2, 0.25) is 0 Å². The standard InChI is InChI=1S/C22H32N6O2/c1-25(2)19-6-12-26(16-19)10-4-11-28-17-22(30-21(28)29)7-13-27(14-8-22)20-18(15-23)5-3-9-24-20/h3,5,9,19H,4,6-8,10-14,16-17H2,1-2H3. The number of carbonyl (C=O) groups is 1. The van der Waals surface area contributed by atoms with Crippen LogP contribution >= 0.6 is 0 Å². The van der Waals surface area contributed by atoms with Crippen LogP contribution < -0.4 is 4.90 Å². The summed E-state index contributed by atoms with van der Waals surface area (Å²) >= 11 is 0. The van der Waals surface area contributed by atoms with Crippen LogP contribution in [0.1, 0.15) is 31.2 Å². The molecule has 1 aromatic rings. The maximum absolute atomic E-state index is 12.5. The number of anilines is 1. The van der Waals surface area contributed by atoms with Gasteiger partial charge in [-0.3, -0.25) is 0 Å². The summed E-state index contributed by atoms with van der Waals surface area (Å²) in [5, 5.41) is 9.33. The van der Waals surface area contributed by atoms with E-state index >= 15 is 0 Å². The quantitative estimate of drug-likeness (QED) is 0.705. The molecular weight excluding hydrogens is 380 g/mol. The number of aromatic nitrogens is 1. The van der Waals surface area contributed by atoms with E-state index in [1.807, 2.05) is 4.90 Å². The fourth-order valence-corrected chi connectivity index (χ4v) is 4.91. The van der Waals surface area contributed by atoms with Crippen molar-refractivity contribution in [2.24, 2.45) is 0 Å². The first-order valence-corrected chi connectivity index (χ1v) is 11.0. The Labute approximate surface area is 179 Å². The van der Waals surface area contributed by atoms with Crippen molar-refractivity contribution in [2.45, 2.75) is 37.3 Å². The lowest BCUT2D eigenvalue weighted by Crippen LogP contribution is -2.47. The molecule has 3 fully saturated rings. The number of amides is 1. The highest BCUT2D eigenvalue weighted by Gasteiger charge is 2.47. The van der Waals surface area contributed by atoms with Gasteiger partial charge < -0.3 is 24.3 Å². The van der Waals surface area contributed by atoms with E-state index in [-0.39, 0.29) is 6.09 Å². The molecular formula is C22H32N6O2. The van der Waals surface area contributed by atoms with Gasteiger partial charge in [0.05, 0.1) is 12.1 Å². The van der Waals surface area contributed by atoms with Crippen molar-refractivity contribution in [3.05, 3.63) is 23.9 Å². The Morgan fingerprint density at radius 3 is 2.80 bits per heavy atom. The van der Waals surface area contributed by atoms with Crippen LogP contribution in [-0.4, -0.2) is 97.3 Å². The van der Waals surface area contributed by atoms with Gasteiger partial charge in [0.1, 0.15) is 17.5 Å². The van der Waals surface area contributed by atoms with E-state index in [1.54, 1.807) is 18.3 Å². The number of nitriles is 1. The Hall–Kier alpha value is -2.37. The van der Waals surface area contributed by atoms with Gasteiger partial charge in [0.25, 0.3) is 0 Å². The highest BCUT2D eigenvalue weighted by Crippen LogP contribution is 2.35. The topological polar surface area (TPSA) is 75.9 Å². The Morgan fingerprint density at radius 1 is 1.30 bits per heavy atom. The molecule has 3 aliphatic heterocycles. The molecule has 0 radical (unpaired) electrons. The number of carbonyl (C=O) groups excluding carboxylic acids is 1. The molecule has 0 saturated carbocycles. The monoisotopic (exact) mass is 412 g/mol. The molecule has 0 aliphatic carbocycles.